The molecule has 1 aromatic rings. The number of aliphatic hydroxyl groups is 1. The van der Waals surface area contributed by atoms with Gasteiger partial charge in [-0.05, 0) is 24.1 Å². The second-order valence-corrected chi connectivity index (χ2v) is 2.63. The number of alkyl halides is 2. The third-order valence-corrected chi connectivity index (χ3v) is 1.70. The summed E-state index contributed by atoms with van der Waals surface area (Å²) in [7, 11) is 0. The van der Waals surface area contributed by atoms with E-state index < -0.39 is 17.8 Å². The Morgan fingerprint density at radius 1 is 1.31 bits per heavy atom. The summed E-state index contributed by atoms with van der Waals surface area (Å²) < 4.78 is 37.0. The topological polar surface area (TPSA) is 20.2 Å². The van der Waals surface area contributed by atoms with Crippen LogP contribution in [0.3, 0.4) is 0 Å². The summed E-state index contributed by atoms with van der Waals surface area (Å²) in [4.78, 5) is 0. The van der Waals surface area contributed by atoms with Gasteiger partial charge < -0.3 is 5.11 Å². The fourth-order valence-electron chi connectivity index (χ4n) is 1.05. The minimum Gasteiger partial charge on any atom is -0.396 e. The van der Waals surface area contributed by atoms with Crippen LogP contribution in [0.15, 0.2) is 18.2 Å². The molecule has 0 bridgehead atoms. The largest absolute Gasteiger partial charge is 0.396 e. The Morgan fingerprint density at radius 2 is 2.00 bits per heavy atom. The lowest BCUT2D eigenvalue weighted by molar-refractivity contribution is 0.146. The van der Waals surface area contributed by atoms with Crippen LogP contribution in [0.25, 0.3) is 0 Å². The van der Waals surface area contributed by atoms with Crippen molar-refractivity contribution in [3.63, 3.8) is 0 Å². The maximum atomic E-state index is 12.7. The summed E-state index contributed by atoms with van der Waals surface area (Å²) in [6.45, 7) is -0.131. The van der Waals surface area contributed by atoms with Crippen molar-refractivity contribution in [2.24, 2.45) is 0 Å². The van der Waals surface area contributed by atoms with E-state index in [4.69, 9.17) is 5.11 Å². The smallest absolute Gasteiger partial charge is 0.266 e. The molecule has 0 aliphatic carbocycles. The number of halogens is 3. The molecule has 0 fully saturated rings. The van der Waals surface area contributed by atoms with E-state index in [2.05, 4.69) is 0 Å². The van der Waals surface area contributed by atoms with Gasteiger partial charge in [0, 0.05) is 6.61 Å². The number of rotatable bonds is 3. The molecule has 0 saturated carbocycles. The van der Waals surface area contributed by atoms with Crippen LogP contribution in [0, 0.1) is 5.82 Å². The fourth-order valence-corrected chi connectivity index (χ4v) is 1.05. The molecule has 0 aromatic heterocycles. The second-order valence-electron chi connectivity index (χ2n) is 2.63. The molecule has 0 unspecified atom stereocenters. The Labute approximate surface area is 73.8 Å². The van der Waals surface area contributed by atoms with Crippen molar-refractivity contribution >= 4 is 0 Å². The highest BCUT2D eigenvalue weighted by atomic mass is 19.3. The lowest BCUT2D eigenvalue weighted by Gasteiger charge is -2.04. The molecule has 0 aliphatic rings. The molecule has 0 radical (unpaired) electrons. The fraction of sp³-hybridized carbons (Fsp3) is 0.333. The Hall–Kier alpha value is -1.03. The van der Waals surface area contributed by atoms with Gasteiger partial charge in [-0.15, -0.1) is 0 Å². The Kier molecular flexibility index (Phi) is 3.31. The van der Waals surface area contributed by atoms with Crippen LogP contribution in [-0.2, 0) is 6.42 Å². The molecule has 72 valence electrons. The predicted molar refractivity (Wildman–Crippen MR) is 42.1 cm³/mol. The number of aliphatic hydroxyl groups excluding tert-OH is 1. The van der Waals surface area contributed by atoms with Gasteiger partial charge in [-0.1, -0.05) is 6.07 Å². The van der Waals surface area contributed by atoms with Gasteiger partial charge in [0.05, 0.1) is 5.56 Å². The Bertz CT molecular complexity index is 286. The van der Waals surface area contributed by atoms with E-state index in [1.54, 1.807) is 0 Å². The molecule has 1 aromatic carbocycles. The molecular formula is C9H9F3O. The summed E-state index contributed by atoms with van der Waals surface area (Å²) in [6.07, 6.45) is -2.54. The molecule has 1 N–H and O–H groups in total. The van der Waals surface area contributed by atoms with Crippen LogP contribution in [0.1, 0.15) is 17.6 Å². The molecule has 1 rings (SSSR count). The third kappa shape index (κ3) is 2.45. The van der Waals surface area contributed by atoms with Gasteiger partial charge in [0.1, 0.15) is 5.82 Å². The molecule has 0 saturated heterocycles. The lowest BCUT2D eigenvalue weighted by Crippen LogP contribution is -1.96. The molecular weight excluding hydrogens is 181 g/mol. The monoisotopic (exact) mass is 190 g/mol. The van der Waals surface area contributed by atoms with Crippen LogP contribution >= 0.6 is 0 Å². The first-order chi connectivity index (χ1) is 6.15. The molecule has 0 aliphatic heterocycles. The summed E-state index contributed by atoms with van der Waals surface area (Å²) in [5, 5.41) is 8.54. The van der Waals surface area contributed by atoms with Gasteiger partial charge in [-0.25, -0.2) is 13.2 Å². The molecule has 1 nitrogen and oxygen atoms in total. The SMILES string of the molecule is OCCc1ccc(F)c(C(F)F)c1. The van der Waals surface area contributed by atoms with Crippen LogP contribution in [0.4, 0.5) is 13.2 Å². The van der Waals surface area contributed by atoms with Gasteiger partial charge in [-0.3, -0.25) is 0 Å². The average Bonchev–Trinajstić information content (AvgIpc) is 2.08. The van der Waals surface area contributed by atoms with Crippen molar-refractivity contribution in [2.75, 3.05) is 6.61 Å². The second kappa shape index (κ2) is 4.28. The third-order valence-electron chi connectivity index (χ3n) is 1.70. The van der Waals surface area contributed by atoms with Gasteiger partial charge in [-0.2, -0.15) is 0 Å². The van der Waals surface area contributed by atoms with Gasteiger partial charge in [0.25, 0.3) is 6.43 Å². The summed E-state index contributed by atoms with van der Waals surface area (Å²) in [6, 6.07) is 3.46. The Morgan fingerprint density at radius 3 is 2.54 bits per heavy atom. The van der Waals surface area contributed by atoms with E-state index in [0.717, 1.165) is 12.1 Å². The quantitative estimate of drug-likeness (QED) is 0.775. The first-order valence-corrected chi connectivity index (χ1v) is 3.82. The van der Waals surface area contributed by atoms with Crippen molar-refractivity contribution in [3.8, 4) is 0 Å². The molecule has 0 atom stereocenters. The number of hydrogen-bond acceptors (Lipinski definition) is 1. The van der Waals surface area contributed by atoms with Gasteiger partial charge >= 0.3 is 0 Å². The zero-order chi connectivity index (χ0) is 9.84. The Balaban J connectivity index is 2.97. The van der Waals surface area contributed by atoms with Crippen LogP contribution in [0.5, 0.6) is 0 Å². The summed E-state index contributed by atoms with van der Waals surface area (Å²) in [5.74, 6) is -0.906. The highest BCUT2D eigenvalue weighted by Gasteiger charge is 2.13. The maximum absolute atomic E-state index is 12.7. The summed E-state index contributed by atoms with van der Waals surface area (Å²) >= 11 is 0. The molecule has 4 heteroatoms. The first kappa shape index (κ1) is 10.1. The lowest BCUT2D eigenvalue weighted by atomic mass is 10.1. The predicted octanol–water partition coefficient (Wildman–Crippen LogP) is 2.30. The molecule has 0 amide bonds. The van der Waals surface area contributed by atoms with Crippen molar-refractivity contribution in [3.05, 3.63) is 35.1 Å². The van der Waals surface area contributed by atoms with Crippen LogP contribution < -0.4 is 0 Å². The first-order valence-electron chi connectivity index (χ1n) is 3.82. The van der Waals surface area contributed by atoms with Gasteiger partial charge in [0.15, 0.2) is 0 Å². The molecule has 13 heavy (non-hydrogen) atoms. The number of hydrogen-bond donors (Lipinski definition) is 1. The van der Waals surface area contributed by atoms with E-state index in [1.165, 1.54) is 6.07 Å². The van der Waals surface area contributed by atoms with Crippen LogP contribution in [-0.4, -0.2) is 11.7 Å². The van der Waals surface area contributed by atoms with Crippen molar-refractivity contribution in [1.29, 1.82) is 0 Å². The normalized spacial score (nSPS) is 10.8. The minimum atomic E-state index is -2.81. The summed E-state index contributed by atoms with van der Waals surface area (Å²) in [5.41, 5.74) is -0.0925. The van der Waals surface area contributed by atoms with E-state index >= 15 is 0 Å². The van der Waals surface area contributed by atoms with E-state index in [1.807, 2.05) is 0 Å². The van der Waals surface area contributed by atoms with Crippen molar-refractivity contribution < 1.29 is 18.3 Å². The highest BCUT2D eigenvalue weighted by Crippen LogP contribution is 2.23. The zero-order valence-electron chi connectivity index (χ0n) is 6.80. The standard InChI is InChI=1S/C9H9F3O/c10-8-2-1-6(3-4-13)5-7(8)9(11)12/h1-2,5,9,13H,3-4H2. The van der Waals surface area contributed by atoms with E-state index in [0.29, 0.717) is 5.56 Å². The average molecular weight is 190 g/mol. The maximum Gasteiger partial charge on any atom is 0.266 e. The number of benzene rings is 1. The minimum absolute atomic E-state index is 0.131. The van der Waals surface area contributed by atoms with E-state index in [-0.39, 0.29) is 13.0 Å². The van der Waals surface area contributed by atoms with Crippen LogP contribution in [0.2, 0.25) is 0 Å². The highest BCUT2D eigenvalue weighted by molar-refractivity contribution is 5.26. The van der Waals surface area contributed by atoms with E-state index in [9.17, 15) is 13.2 Å². The van der Waals surface area contributed by atoms with Crippen molar-refractivity contribution in [1.82, 2.24) is 0 Å². The van der Waals surface area contributed by atoms with Gasteiger partial charge in [0.2, 0.25) is 0 Å². The zero-order valence-corrected chi connectivity index (χ0v) is 6.80. The molecule has 0 heterocycles. The van der Waals surface area contributed by atoms with Crippen molar-refractivity contribution in [2.45, 2.75) is 12.8 Å². The molecule has 0 spiro atoms.